The number of nitrogens with zero attached hydrogens (tertiary/aromatic N) is 2. The molecule has 2 N–H and O–H groups in total. The molecule has 0 saturated carbocycles. The molecule has 0 saturated heterocycles. The van der Waals surface area contributed by atoms with E-state index in [0.29, 0.717) is 6.54 Å². The van der Waals surface area contributed by atoms with Gasteiger partial charge in [0.2, 0.25) is 0 Å². The van der Waals surface area contributed by atoms with Crippen LogP contribution in [0.5, 0.6) is 0 Å². The first-order chi connectivity index (χ1) is 7.78. The summed E-state index contributed by atoms with van der Waals surface area (Å²) in [6, 6.07) is 8.04. The van der Waals surface area contributed by atoms with Gasteiger partial charge in [0.05, 0.1) is 0 Å². The van der Waals surface area contributed by atoms with Crippen molar-refractivity contribution < 1.29 is 0 Å². The first-order valence-electron chi connectivity index (χ1n) is 4.72. The zero-order valence-corrected chi connectivity index (χ0v) is 10.8. The zero-order chi connectivity index (χ0) is 11.4. The van der Waals surface area contributed by atoms with Crippen molar-refractivity contribution in [2.24, 2.45) is 5.73 Å². The Hall–Kier alpha value is -0.910. The predicted octanol–water partition coefficient (Wildman–Crippen LogP) is 2.85. The maximum Gasteiger partial charge on any atom is 0.192 e. The van der Waals surface area contributed by atoms with Crippen molar-refractivity contribution in [2.75, 3.05) is 0 Å². The number of halogens is 1. The van der Waals surface area contributed by atoms with E-state index in [-0.39, 0.29) is 0 Å². The molecular weight excluding hydrogens is 286 g/mol. The van der Waals surface area contributed by atoms with Gasteiger partial charge in [-0.2, -0.15) is 0 Å². The second-order valence-electron chi connectivity index (χ2n) is 3.13. The lowest BCUT2D eigenvalue weighted by atomic mass is 10.4. The van der Waals surface area contributed by atoms with Crippen LogP contribution in [-0.4, -0.2) is 9.97 Å². The van der Waals surface area contributed by atoms with Crippen LogP contribution >= 0.6 is 27.7 Å². The van der Waals surface area contributed by atoms with Crippen LogP contribution in [0.1, 0.15) is 5.56 Å². The van der Waals surface area contributed by atoms with Crippen LogP contribution in [0.3, 0.4) is 0 Å². The van der Waals surface area contributed by atoms with Crippen molar-refractivity contribution in [1.29, 1.82) is 0 Å². The topological polar surface area (TPSA) is 51.8 Å². The van der Waals surface area contributed by atoms with Crippen LogP contribution in [0.2, 0.25) is 0 Å². The molecular formula is C11H10BrN3S. The summed E-state index contributed by atoms with van der Waals surface area (Å²) in [5.74, 6) is 0. The molecule has 0 fully saturated rings. The summed E-state index contributed by atoms with van der Waals surface area (Å²) in [5, 5.41) is 0.736. The Labute approximate surface area is 107 Å². The number of hydrogen-bond acceptors (Lipinski definition) is 4. The molecule has 0 amide bonds. The normalized spacial score (nSPS) is 10.4. The monoisotopic (exact) mass is 295 g/mol. The van der Waals surface area contributed by atoms with E-state index < -0.39 is 0 Å². The molecule has 0 aliphatic heterocycles. The van der Waals surface area contributed by atoms with Crippen molar-refractivity contribution in [2.45, 2.75) is 16.6 Å². The summed E-state index contributed by atoms with van der Waals surface area (Å²) in [6.45, 7) is 0.475. The lowest BCUT2D eigenvalue weighted by Crippen LogP contribution is -1.98. The molecule has 0 bridgehead atoms. The third kappa shape index (κ3) is 3.04. The molecule has 0 aliphatic rings. The lowest BCUT2D eigenvalue weighted by Gasteiger charge is -2.01. The predicted molar refractivity (Wildman–Crippen MR) is 68.2 cm³/mol. The summed E-state index contributed by atoms with van der Waals surface area (Å²) < 4.78 is 1.07. The Kier molecular flexibility index (Phi) is 3.93. The highest BCUT2D eigenvalue weighted by molar-refractivity contribution is 9.10. The van der Waals surface area contributed by atoms with Crippen LogP contribution in [0.15, 0.2) is 51.2 Å². The van der Waals surface area contributed by atoms with Gasteiger partial charge in [-0.15, -0.1) is 0 Å². The Morgan fingerprint density at radius 3 is 2.31 bits per heavy atom. The van der Waals surface area contributed by atoms with Crippen molar-refractivity contribution in [3.05, 3.63) is 46.7 Å². The van der Waals surface area contributed by atoms with Crippen molar-refractivity contribution in [3.63, 3.8) is 0 Å². The van der Waals surface area contributed by atoms with E-state index in [9.17, 15) is 0 Å². The van der Waals surface area contributed by atoms with Gasteiger partial charge in [0.25, 0.3) is 0 Å². The maximum atomic E-state index is 5.48. The van der Waals surface area contributed by atoms with Gasteiger partial charge in [-0.25, -0.2) is 9.97 Å². The molecule has 5 heteroatoms. The van der Waals surface area contributed by atoms with E-state index in [1.54, 1.807) is 12.4 Å². The molecule has 0 atom stereocenters. The molecule has 16 heavy (non-hydrogen) atoms. The number of benzene rings is 1. The molecule has 3 nitrogen and oxygen atoms in total. The molecule has 0 radical (unpaired) electrons. The first-order valence-corrected chi connectivity index (χ1v) is 6.33. The minimum absolute atomic E-state index is 0.475. The van der Waals surface area contributed by atoms with Crippen LogP contribution < -0.4 is 5.73 Å². The number of rotatable bonds is 3. The van der Waals surface area contributed by atoms with E-state index in [4.69, 9.17) is 5.73 Å². The van der Waals surface area contributed by atoms with Gasteiger partial charge in [0.1, 0.15) is 0 Å². The molecule has 2 aromatic rings. The van der Waals surface area contributed by atoms with Gasteiger partial charge in [-0.1, -0.05) is 15.9 Å². The van der Waals surface area contributed by atoms with E-state index in [1.807, 2.05) is 24.3 Å². The summed E-state index contributed by atoms with van der Waals surface area (Å²) >= 11 is 4.93. The summed E-state index contributed by atoms with van der Waals surface area (Å²) in [5.41, 5.74) is 6.42. The zero-order valence-electron chi connectivity index (χ0n) is 8.43. The standard InChI is InChI=1S/C11H10BrN3S/c12-9-1-3-10(4-2-9)16-11-14-6-8(5-13)7-15-11/h1-4,6-7H,5,13H2. The Morgan fingerprint density at radius 2 is 1.75 bits per heavy atom. The smallest absolute Gasteiger partial charge is 0.192 e. The molecule has 0 unspecified atom stereocenters. The van der Waals surface area contributed by atoms with Gasteiger partial charge in [0, 0.05) is 33.9 Å². The fourth-order valence-electron chi connectivity index (χ4n) is 1.11. The van der Waals surface area contributed by atoms with Crippen LogP contribution in [0, 0.1) is 0 Å². The number of hydrogen-bond donors (Lipinski definition) is 1. The number of aromatic nitrogens is 2. The molecule has 1 aromatic heterocycles. The molecule has 1 aromatic carbocycles. The molecule has 1 heterocycles. The largest absolute Gasteiger partial charge is 0.326 e. The SMILES string of the molecule is NCc1cnc(Sc2ccc(Br)cc2)nc1. The van der Waals surface area contributed by atoms with Crippen molar-refractivity contribution in [3.8, 4) is 0 Å². The van der Waals surface area contributed by atoms with Crippen molar-refractivity contribution in [1.82, 2.24) is 9.97 Å². The van der Waals surface area contributed by atoms with E-state index in [2.05, 4.69) is 25.9 Å². The Morgan fingerprint density at radius 1 is 1.12 bits per heavy atom. The van der Waals surface area contributed by atoms with E-state index >= 15 is 0 Å². The third-order valence-corrected chi connectivity index (χ3v) is 3.37. The lowest BCUT2D eigenvalue weighted by molar-refractivity contribution is 0.914. The van der Waals surface area contributed by atoms with Gasteiger partial charge in [-0.3, -0.25) is 0 Å². The fourth-order valence-corrected chi connectivity index (χ4v) is 2.07. The minimum Gasteiger partial charge on any atom is -0.326 e. The average Bonchev–Trinajstić information content (AvgIpc) is 2.33. The average molecular weight is 296 g/mol. The molecule has 0 aliphatic carbocycles. The fraction of sp³-hybridized carbons (Fsp3) is 0.0909. The van der Waals surface area contributed by atoms with Gasteiger partial charge >= 0.3 is 0 Å². The van der Waals surface area contributed by atoms with Gasteiger partial charge in [0.15, 0.2) is 5.16 Å². The highest BCUT2D eigenvalue weighted by Crippen LogP contribution is 2.25. The van der Waals surface area contributed by atoms with Crippen molar-refractivity contribution >= 4 is 27.7 Å². The van der Waals surface area contributed by atoms with Crippen LogP contribution in [0.4, 0.5) is 0 Å². The third-order valence-electron chi connectivity index (χ3n) is 1.94. The second kappa shape index (κ2) is 5.43. The highest BCUT2D eigenvalue weighted by Gasteiger charge is 2.00. The molecule has 0 spiro atoms. The van der Waals surface area contributed by atoms with E-state index in [1.165, 1.54) is 11.8 Å². The Bertz CT molecular complexity index is 456. The van der Waals surface area contributed by atoms with Gasteiger partial charge in [-0.05, 0) is 36.0 Å². The highest BCUT2D eigenvalue weighted by atomic mass is 79.9. The van der Waals surface area contributed by atoms with E-state index in [0.717, 1.165) is 20.1 Å². The van der Waals surface area contributed by atoms with Gasteiger partial charge < -0.3 is 5.73 Å². The number of nitrogens with two attached hydrogens (primary N) is 1. The summed E-state index contributed by atoms with van der Waals surface area (Å²) in [4.78, 5) is 9.57. The second-order valence-corrected chi connectivity index (χ2v) is 5.09. The van der Waals surface area contributed by atoms with Crippen LogP contribution in [-0.2, 0) is 6.54 Å². The summed E-state index contributed by atoms with van der Waals surface area (Å²) in [6.07, 6.45) is 3.52. The molecule has 2 rings (SSSR count). The van der Waals surface area contributed by atoms with Crippen LogP contribution in [0.25, 0.3) is 0 Å². The first kappa shape index (κ1) is 11.6. The molecule has 82 valence electrons. The minimum atomic E-state index is 0.475. The Balaban J connectivity index is 2.11. The maximum absolute atomic E-state index is 5.48. The quantitative estimate of drug-likeness (QED) is 0.885. The summed E-state index contributed by atoms with van der Waals surface area (Å²) in [7, 11) is 0.